The monoisotopic (exact) mass is 208 g/mol. The highest BCUT2D eigenvalue weighted by Crippen LogP contribution is 2.29. The minimum Gasteiger partial charge on any atom is -0.313 e. The molecule has 1 saturated carbocycles. The molecule has 0 spiro atoms. The molecule has 86 valence electrons. The normalized spacial score (nSPS) is 17.7. The first-order valence-electron chi connectivity index (χ1n) is 6.15. The molecule has 0 heterocycles. The van der Waals surface area contributed by atoms with Crippen LogP contribution in [-0.4, -0.2) is 37.1 Å². The predicted octanol–water partition coefficient (Wildman–Crippen LogP) is 1.72. The van der Waals surface area contributed by atoms with Gasteiger partial charge in [-0.05, 0) is 32.1 Å². The second-order valence-electron chi connectivity index (χ2n) is 4.65. The highest BCUT2D eigenvalue weighted by molar-refractivity contribution is 4.90. The highest BCUT2D eigenvalue weighted by atomic mass is 15.1. The third-order valence-corrected chi connectivity index (χ3v) is 3.06. The molecule has 2 nitrogen and oxygen atoms in total. The number of rotatable bonds is 8. The van der Waals surface area contributed by atoms with Crippen LogP contribution >= 0.6 is 0 Å². The zero-order valence-electron chi connectivity index (χ0n) is 10.1. The van der Waals surface area contributed by atoms with Gasteiger partial charge in [-0.15, -0.1) is 6.42 Å². The average Bonchev–Trinajstić information content (AvgIpc) is 3.01. The topological polar surface area (TPSA) is 15.3 Å². The van der Waals surface area contributed by atoms with Crippen LogP contribution in [0, 0.1) is 18.3 Å². The Morgan fingerprint density at radius 2 is 2.27 bits per heavy atom. The predicted molar refractivity (Wildman–Crippen MR) is 65.8 cm³/mol. The van der Waals surface area contributed by atoms with E-state index in [4.69, 9.17) is 6.42 Å². The number of terminal acetylenes is 1. The van der Waals surface area contributed by atoms with Gasteiger partial charge in [0.25, 0.3) is 0 Å². The van der Waals surface area contributed by atoms with Crippen molar-refractivity contribution >= 4 is 0 Å². The highest BCUT2D eigenvalue weighted by Gasteiger charge is 2.23. The van der Waals surface area contributed by atoms with Gasteiger partial charge in [-0.2, -0.15) is 0 Å². The summed E-state index contributed by atoms with van der Waals surface area (Å²) in [7, 11) is 0. The molecule has 0 amide bonds. The van der Waals surface area contributed by atoms with E-state index >= 15 is 0 Å². The van der Waals surface area contributed by atoms with Crippen LogP contribution in [0.15, 0.2) is 0 Å². The van der Waals surface area contributed by atoms with Crippen molar-refractivity contribution in [3.8, 4) is 12.3 Å². The SMILES string of the molecule is C#CCN(CCNC(C)CC)CC1CC1. The number of nitrogens with one attached hydrogen (secondary N) is 1. The third kappa shape index (κ3) is 5.81. The molecular formula is C13H24N2. The van der Waals surface area contributed by atoms with Gasteiger partial charge in [0.05, 0.1) is 6.54 Å². The molecule has 1 N–H and O–H groups in total. The van der Waals surface area contributed by atoms with Crippen molar-refractivity contribution in [3.63, 3.8) is 0 Å². The molecule has 1 atom stereocenters. The summed E-state index contributed by atoms with van der Waals surface area (Å²) < 4.78 is 0. The minimum atomic E-state index is 0.624. The van der Waals surface area contributed by atoms with Crippen LogP contribution in [0.3, 0.4) is 0 Å². The van der Waals surface area contributed by atoms with Crippen LogP contribution in [-0.2, 0) is 0 Å². The van der Waals surface area contributed by atoms with Crippen LogP contribution in [0.5, 0.6) is 0 Å². The van der Waals surface area contributed by atoms with Crippen molar-refractivity contribution < 1.29 is 0 Å². The molecule has 0 aliphatic heterocycles. The van der Waals surface area contributed by atoms with Gasteiger partial charge in [0.2, 0.25) is 0 Å². The average molecular weight is 208 g/mol. The number of hydrogen-bond donors (Lipinski definition) is 1. The molecule has 1 aliphatic rings. The molecule has 0 aromatic heterocycles. The van der Waals surface area contributed by atoms with E-state index in [0.29, 0.717) is 6.04 Å². The van der Waals surface area contributed by atoms with Crippen molar-refractivity contribution in [1.82, 2.24) is 10.2 Å². The molecule has 0 saturated heterocycles. The van der Waals surface area contributed by atoms with E-state index < -0.39 is 0 Å². The Morgan fingerprint density at radius 1 is 1.53 bits per heavy atom. The van der Waals surface area contributed by atoms with E-state index in [0.717, 1.165) is 25.6 Å². The Hall–Kier alpha value is -0.520. The lowest BCUT2D eigenvalue weighted by Crippen LogP contribution is -2.36. The Labute approximate surface area is 94.4 Å². The van der Waals surface area contributed by atoms with E-state index in [1.807, 2.05) is 0 Å². The van der Waals surface area contributed by atoms with E-state index in [1.54, 1.807) is 0 Å². The first kappa shape index (κ1) is 12.5. The fraction of sp³-hybridized carbons (Fsp3) is 0.846. The summed E-state index contributed by atoms with van der Waals surface area (Å²) >= 11 is 0. The minimum absolute atomic E-state index is 0.624. The fourth-order valence-corrected chi connectivity index (χ4v) is 1.64. The molecule has 1 aliphatic carbocycles. The summed E-state index contributed by atoms with van der Waals surface area (Å²) in [6.45, 7) is 8.59. The Kier molecular flexibility index (Phi) is 5.75. The first-order chi connectivity index (χ1) is 7.26. The van der Waals surface area contributed by atoms with Crippen LogP contribution in [0.25, 0.3) is 0 Å². The van der Waals surface area contributed by atoms with Crippen molar-refractivity contribution in [2.24, 2.45) is 5.92 Å². The smallest absolute Gasteiger partial charge is 0.0599 e. The van der Waals surface area contributed by atoms with Gasteiger partial charge in [0, 0.05) is 25.7 Å². The van der Waals surface area contributed by atoms with E-state index in [2.05, 4.69) is 30.0 Å². The van der Waals surface area contributed by atoms with Crippen molar-refractivity contribution in [3.05, 3.63) is 0 Å². The van der Waals surface area contributed by atoms with Crippen molar-refractivity contribution in [2.75, 3.05) is 26.2 Å². The van der Waals surface area contributed by atoms with E-state index in [1.165, 1.54) is 25.8 Å². The Morgan fingerprint density at radius 3 is 2.80 bits per heavy atom. The van der Waals surface area contributed by atoms with Crippen molar-refractivity contribution in [1.29, 1.82) is 0 Å². The van der Waals surface area contributed by atoms with Crippen molar-refractivity contribution in [2.45, 2.75) is 39.2 Å². The molecule has 1 fully saturated rings. The van der Waals surface area contributed by atoms with Gasteiger partial charge in [0.15, 0.2) is 0 Å². The zero-order valence-corrected chi connectivity index (χ0v) is 10.1. The summed E-state index contributed by atoms with van der Waals surface area (Å²) in [6.07, 6.45) is 9.37. The summed E-state index contributed by atoms with van der Waals surface area (Å²) in [6, 6.07) is 0.624. The van der Waals surface area contributed by atoms with Gasteiger partial charge in [-0.25, -0.2) is 0 Å². The molecule has 1 unspecified atom stereocenters. The number of nitrogens with zero attached hydrogens (tertiary/aromatic N) is 1. The second-order valence-corrected chi connectivity index (χ2v) is 4.65. The Balaban J connectivity index is 2.10. The third-order valence-electron chi connectivity index (χ3n) is 3.06. The molecule has 0 aromatic rings. The van der Waals surface area contributed by atoms with Gasteiger partial charge in [0.1, 0.15) is 0 Å². The maximum Gasteiger partial charge on any atom is 0.0599 e. The standard InChI is InChI=1S/C13H24N2/c1-4-9-15(11-13-6-7-13)10-8-14-12(3)5-2/h1,12-14H,5-11H2,2-3H3. The maximum absolute atomic E-state index is 5.37. The lowest BCUT2D eigenvalue weighted by atomic mass is 10.2. The van der Waals surface area contributed by atoms with Gasteiger partial charge in [-0.1, -0.05) is 12.8 Å². The van der Waals surface area contributed by atoms with Gasteiger partial charge >= 0.3 is 0 Å². The second kappa shape index (κ2) is 6.87. The summed E-state index contributed by atoms with van der Waals surface area (Å²) in [4.78, 5) is 2.40. The molecule has 0 aromatic carbocycles. The molecule has 2 heteroatoms. The van der Waals surface area contributed by atoms with Crippen LogP contribution < -0.4 is 5.32 Å². The van der Waals surface area contributed by atoms with E-state index in [-0.39, 0.29) is 0 Å². The quantitative estimate of drug-likeness (QED) is 0.611. The van der Waals surface area contributed by atoms with Crippen LogP contribution in [0.2, 0.25) is 0 Å². The fourth-order valence-electron chi connectivity index (χ4n) is 1.64. The summed E-state index contributed by atoms with van der Waals surface area (Å²) in [5, 5.41) is 3.50. The van der Waals surface area contributed by atoms with Gasteiger partial charge < -0.3 is 5.32 Å². The Bertz CT molecular complexity index is 203. The van der Waals surface area contributed by atoms with Gasteiger partial charge in [-0.3, -0.25) is 4.90 Å². The lowest BCUT2D eigenvalue weighted by Gasteiger charge is -2.21. The van der Waals surface area contributed by atoms with Crippen LogP contribution in [0.1, 0.15) is 33.1 Å². The molecular weight excluding hydrogens is 184 g/mol. The summed E-state index contributed by atoms with van der Waals surface area (Å²) in [5.74, 6) is 3.68. The largest absolute Gasteiger partial charge is 0.313 e. The van der Waals surface area contributed by atoms with E-state index in [9.17, 15) is 0 Å². The zero-order chi connectivity index (χ0) is 11.1. The first-order valence-corrected chi connectivity index (χ1v) is 6.15. The van der Waals surface area contributed by atoms with Crippen LogP contribution in [0.4, 0.5) is 0 Å². The number of hydrogen-bond acceptors (Lipinski definition) is 2. The molecule has 0 radical (unpaired) electrons. The molecule has 1 rings (SSSR count). The maximum atomic E-state index is 5.37. The summed E-state index contributed by atoms with van der Waals surface area (Å²) in [5.41, 5.74) is 0. The lowest BCUT2D eigenvalue weighted by molar-refractivity contribution is 0.288. The molecule has 0 bridgehead atoms. The molecule has 15 heavy (non-hydrogen) atoms.